The number of terminal acetylenes is 1. The van der Waals surface area contributed by atoms with Crippen molar-refractivity contribution in [2.75, 3.05) is 12.3 Å². The Morgan fingerprint density at radius 2 is 2.50 bits per heavy atom. The highest BCUT2D eigenvalue weighted by Gasteiger charge is 2.47. The second kappa shape index (κ2) is 4.42. The largest absolute Gasteiger partial charge is 0.392 e. The van der Waals surface area contributed by atoms with Crippen LogP contribution in [0.5, 0.6) is 0 Å². The number of nitrogen functional groups attached to an aromatic ring is 1. The van der Waals surface area contributed by atoms with E-state index in [1.165, 1.54) is 16.8 Å². The van der Waals surface area contributed by atoms with Crippen LogP contribution in [0.1, 0.15) is 12.6 Å². The van der Waals surface area contributed by atoms with E-state index in [9.17, 15) is 15.0 Å². The standard InChI is InChI=1S/C11H13N3O4/c1-2-11(6-15)7(16)5-9(18-11)14-4-3-8(12)13-10(14)17/h1,3-4,7,9,15-16H,5-6H2,(H2,12,13,17)/t7-,9+,11?/m0/s1. The third-order valence-electron chi connectivity index (χ3n) is 2.95. The van der Waals surface area contributed by atoms with Crippen LogP contribution in [0.15, 0.2) is 17.1 Å². The summed E-state index contributed by atoms with van der Waals surface area (Å²) in [6.45, 7) is -0.529. The van der Waals surface area contributed by atoms with Crippen LogP contribution in [0.2, 0.25) is 0 Å². The first-order chi connectivity index (χ1) is 8.52. The van der Waals surface area contributed by atoms with E-state index in [0.717, 1.165) is 0 Å². The molecule has 0 aliphatic carbocycles. The second-order valence-electron chi connectivity index (χ2n) is 4.06. The second-order valence-corrected chi connectivity index (χ2v) is 4.06. The zero-order valence-electron chi connectivity index (χ0n) is 9.48. The molecule has 1 aromatic heterocycles. The quantitative estimate of drug-likeness (QED) is 0.550. The van der Waals surface area contributed by atoms with E-state index >= 15 is 0 Å². The van der Waals surface area contributed by atoms with Crippen LogP contribution in [0, 0.1) is 12.3 Å². The number of aromatic nitrogens is 2. The smallest absolute Gasteiger partial charge is 0.351 e. The molecule has 1 fully saturated rings. The van der Waals surface area contributed by atoms with E-state index in [2.05, 4.69) is 10.9 Å². The van der Waals surface area contributed by atoms with E-state index in [-0.39, 0.29) is 12.2 Å². The summed E-state index contributed by atoms with van der Waals surface area (Å²) in [5, 5.41) is 19.0. The Labute approximate surface area is 103 Å². The summed E-state index contributed by atoms with van der Waals surface area (Å²) in [7, 11) is 0. The Morgan fingerprint density at radius 1 is 1.78 bits per heavy atom. The predicted octanol–water partition coefficient (Wildman–Crippen LogP) is -1.53. The Hall–Kier alpha value is -1.88. The summed E-state index contributed by atoms with van der Waals surface area (Å²) >= 11 is 0. The first kappa shape index (κ1) is 12.6. The molecule has 0 amide bonds. The SMILES string of the molecule is C#CC1(CO)O[C@@H](n2ccc(N)nc2=O)C[C@@H]1O. The van der Waals surface area contributed by atoms with Crippen molar-refractivity contribution in [1.82, 2.24) is 9.55 Å². The zero-order valence-corrected chi connectivity index (χ0v) is 9.48. The molecule has 1 aromatic rings. The fraction of sp³-hybridized carbons (Fsp3) is 0.455. The first-order valence-electron chi connectivity index (χ1n) is 5.31. The van der Waals surface area contributed by atoms with E-state index in [4.69, 9.17) is 16.9 Å². The van der Waals surface area contributed by atoms with Gasteiger partial charge in [0.15, 0.2) is 5.60 Å². The number of ether oxygens (including phenoxy) is 1. The molecule has 7 heteroatoms. The molecule has 1 saturated heterocycles. The minimum absolute atomic E-state index is 0.0935. The predicted molar refractivity (Wildman–Crippen MR) is 62.3 cm³/mol. The molecule has 3 atom stereocenters. The van der Waals surface area contributed by atoms with Crippen molar-refractivity contribution in [2.24, 2.45) is 0 Å². The molecule has 2 heterocycles. The van der Waals surface area contributed by atoms with Gasteiger partial charge in [0, 0.05) is 12.6 Å². The Kier molecular flexibility index (Phi) is 3.09. The zero-order chi connectivity index (χ0) is 13.3. The topological polar surface area (TPSA) is 111 Å². The van der Waals surface area contributed by atoms with Gasteiger partial charge in [-0.25, -0.2) is 4.79 Å². The number of nitrogens with two attached hydrogens (primary N) is 1. The molecule has 1 aliphatic rings. The fourth-order valence-electron chi connectivity index (χ4n) is 1.88. The summed E-state index contributed by atoms with van der Waals surface area (Å²) in [6.07, 6.45) is 4.93. The summed E-state index contributed by atoms with van der Waals surface area (Å²) < 4.78 is 6.59. The molecule has 0 saturated carbocycles. The van der Waals surface area contributed by atoms with E-state index in [0.29, 0.717) is 0 Å². The molecular weight excluding hydrogens is 238 g/mol. The Balaban J connectivity index is 2.33. The monoisotopic (exact) mass is 251 g/mol. The van der Waals surface area contributed by atoms with Gasteiger partial charge in [-0.1, -0.05) is 5.92 Å². The van der Waals surface area contributed by atoms with E-state index in [1.54, 1.807) is 0 Å². The highest BCUT2D eigenvalue weighted by atomic mass is 16.6. The third kappa shape index (κ3) is 1.86. The average molecular weight is 251 g/mol. The minimum Gasteiger partial charge on any atom is -0.392 e. The maximum absolute atomic E-state index is 11.6. The molecule has 4 N–H and O–H groups in total. The van der Waals surface area contributed by atoms with Crippen LogP contribution < -0.4 is 11.4 Å². The molecule has 1 aliphatic heterocycles. The summed E-state index contributed by atoms with van der Waals surface area (Å²) in [5.41, 5.74) is 3.29. The molecule has 0 spiro atoms. The van der Waals surface area contributed by atoms with E-state index in [1.807, 2.05) is 0 Å². The van der Waals surface area contributed by atoms with Gasteiger partial charge in [0.25, 0.3) is 0 Å². The lowest BCUT2D eigenvalue weighted by molar-refractivity contribution is -0.0912. The first-order valence-corrected chi connectivity index (χ1v) is 5.31. The molecule has 2 rings (SSSR count). The van der Waals surface area contributed by atoms with Crippen LogP contribution in [0.4, 0.5) is 5.82 Å². The lowest BCUT2D eigenvalue weighted by Gasteiger charge is -2.23. The van der Waals surface area contributed by atoms with Gasteiger partial charge >= 0.3 is 5.69 Å². The number of hydrogen-bond donors (Lipinski definition) is 3. The average Bonchev–Trinajstić information content (AvgIpc) is 2.67. The van der Waals surface area contributed by atoms with Gasteiger partial charge in [0.1, 0.15) is 18.1 Å². The highest BCUT2D eigenvalue weighted by Crippen LogP contribution is 2.35. The summed E-state index contributed by atoms with van der Waals surface area (Å²) in [4.78, 5) is 15.2. The van der Waals surface area contributed by atoms with Gasteiger partial charge in [-0.05, 0) is 6.07 Å². The molecule has 0 aromatic carbocycles. The van der Waals surface area contributed by atoms with Gasteiger partial charge < -0.3 is 20.7 Å². The van der Waals surface area contributed by atoms with E-state index < -0.39 is 30.2 Å². The van der Waals surface area contributed by atoms with Crippen molar-refractivity contribution in [3.8, 4) is 12.3 Å². The summed E-state index contributed by atoms with van der Waals surface area (Å²) in [6, 6.07) is 1.44. The third-order valence-corrected chi connectivity index (χ3v) is 2.95. The van der Waals surface area contributed by atoms with Crippen molar-refractivity contribution >= 4 is 5.82 Å². The lowest BCUT2D eigenvalue weighted by atomic mass is 9.99. The van der Waals surface area contributed by atoms with Gasteiger partial charge in [-0.3, -0.25) is 4.57 Å². The van der Waals surface area contributed by atoms with Crippen molar-refractivity contribution in [3.63, 3.8) is 0 Å². The summed E-state index contributed by atoms with van der Waals surface area (Å²) in [5.74, 6) is 2.32. The maximum atomic E-state index is 11.6. The van der Waals surface area contributed by atoms with Crippen LogP contribution in [0.25, 0.3) is 0 Å². The molecular formula is C11H13N3O4. The van der Waals surface area contributed by atoms with Gasteiger partial charge in [-0.2, -0.15) is 4.98 Å². The molecule has 1 unspecified atom stereocenters. The van der Waals surface area contributed by atoms with Gasteiger partial charge in [0.2, 0.25) is 0 Å². The number of hydrogen-bond acceptors (Lipinski definition) is 6. The maximum Gasteiger partial charge on any atom is 0.351 e. The van der Waals surface area contributed by atoms with Crippen LogP contribution in [0.3, 0.4) is 0 Å². The van der Waals surface area contributed by atoms with Crippen molar-refractivity contribution in [2.45, 2.75) is 24.4 Å². The van der Waals surface area contributed by atoms with Crippen molar-refractivity contribution < 1.29 is 14.9 Å². The highest BCUT2D eigenvalue weighted by molar-refractivity contribution is 5.24. The number of aliphatic hydroxyl groups excluding tert-OH is 2. The molecule has 0 bridgehead atoms. The van der Waals surface area contributed by atoms with Gasteiger partial charge in [-0.15, -0.1) is 6.42 Å². The molecule has 96 valence electrons. The van der Waals surface area contributed by atoms with Crippen molar-refractivity contribution in [1.29, 1.82) is 0 Å². The molecule has 0 radical (unpaired) electrons. The minimum atomic E-state index is -1.48. The van der Waals surface area contributed by atoms with Crippen LogP contribution in [-0.4, -0.2) is 38.1 Å². The van der Waals surface area contributed by atoms with Crippen molar-refractivity contribution in [3.05, 3.63) is 22.7 Å². The Bertz CT molecular complexity index is 550. The lowest BCUT2D eigenvalue weighted by Crippen LogP contribution is -2.41. The van der Waals surface area contributed by atoms with Crippen LogP contribution in [-0.2, 0) is 4.74 Å². The normalized spacial score (nSPS) is 31.2. The van der Waals surface area contributed by atoms with Crippen LogP contribution >= 0.6 is 0 Å². The van der Waals surface area contributed by atoms with Gasteiger partial charge in [0.05, 0.1) is 6.61 Å². The fourth-order valence-corrected chi connectivity index (χ4v) is 1.88. The number of rotatable bonds is 2. The Morgan fingerprint density at radius 3 is 3.00 bits per heavy atom. The molecule has 18 heavy (non-hydrogen) atoms. The number of anilines is 1. The number of nitrogens with zero attached hydrogens (tertiary/aromatic N) is 2. The molecule has 7 nitrogen and oxygen atoms in total. The number of aliphatic hydroxyl groups is 2.